The minimum absolute atomic E-state index is 0.682. The minimum atomic E-state index is 0.682. The summed E-state index contributed by atoms with van der Waals surface area (Å²) in [5.74, 6) is 0.928. The van der Waals surface area contributed by atoms with Crippen molar-refractivity contribution in [3.8, 4) is 0 Å². The van der Waals surface area contributed by atoms with Gasteiger partial charge < -0.3 is 14.6 Å². The van der Waals surface area contributed by atoms with Gasteiger partial charge in [-0.15, -0.1) is 0 Å². The third-order valence-electron chi connectivity index (χ3n) is 3.13. The number of hydrogen-bond donors (Lipinski definition) is 1. The molecule has 2 aromatic rings. The fraction of sp³-hybridized carbons (Fsp3) is 0.385. The summed E-state index contributed by atoms with van der Waals surface area (Å²) in [6, 6.07) is 7.92. The van der Waals surface area contributed by atoms with E-state index in [9.17, 15) is 0 Å². The maximum absolute atomic E-state index is 6.12. The number of nitrogens with one attached hydrogen (secondary N) is 1. The van der Waals surface area contributed by atoms with Crippen LogP contribution in [0.1, 0.15) is 6.42 Å². The van der Waals surface area contributed by atoms with E-state index in [4.69, 9.17) is 16.0 Å². The van der Waals surface area contributed by atoms with Crippen LogP contribution in [-0.4, -0.2) is 26.2 Å². The van der Waals surface area contributed by atoms with E-state index in [1.807, 2.05) is 18.2 Å². The van der Waals surface area contributed by atoms with Crippen LogP contribution < -0.4 is 10.2 Å². The van der Waals surface area contributed by atoms with Crippen molar-refractivity contribution in [2.45, 2.75) is 6.42 Å². The summed E-state index contributed by atoms with van der Waals surface area (Å²) >= 11 is 6.12. The number of benzene rings is 1. The Kier molecular flexibility index (Phi) is 2.95. The highest BCUT2D eigenvalue weighted by Crippen LogP contribution is 2.31. The summed E-state index contributed by atoms with van der Waals surface area (Å²) in [6.45, 7) is 4.10. The topological polar surface area (TPSA) is 28.4 Å². The molecule has 0 bridgehead atoms. The van der Waals surface area contributed by atoms with E-state index in [0.29, 0.717) is 5.02 Å². The van der Waals surface area contributed by atoms with Crippen molar-refractivity contribution in [1.29, 1.82) is 0 Å². The van der Waals surface area contributed by atoms with Crippen molar-refractivity contribution in [2.75, 3.05) is 31.1 Å². The quantitative estimate of drug-likeness (QED) is 0.844. The Hall–Kier alpha value is -1.19. The molecule has 3 nitrogen and oxygen atoms in total. The van der Waals surface area contributed by atoms with Gasteiger partial charge in [0.1, 0.15) is 0 Å². The minimum Gasteiger partial charge on any atom is -0.439 e. The number of para-hydroxylation sites is 1. The SMILES string of the molecule is Clc1cccc2cc(N3CCCNCC3)oc12. The Labute approximate surface area is 105 Å². The Morgan fingerprint density at radius 2 is 2.18 bits per heavy atom. The van der Waals surface area contributed by atoms with Crippen LogP contribution in [0.2, 0.25) is 5.02 Å². The Balaban J connectivity index is 1.96. The molecule has 2 heterocycles. The molecule has 1 aliphatic rings. The highest BCUT2D eigenvalue weighted by molar-refractivity contribution is 6.34. The molecule has 90 valence electrons. The van der Waals surface area contributed by atoms with Crippen LogP contribution in [0, 0.1) is 0 Å². The fourth-order valence-electron chi connectivity index (χ4n) is 2.24. The number of hydrogen-bond acceptors (Lipinski definition) is 3. The van der Waals surface area contributed by atoms with Gasteiger partial charge in [-0.3, -0.25) is 0 Å². The van der Waals surface area contributed by atoms with Gasteiger partial charge in [0, 0.05) is 31.1 Å². The second-order valence-electron chi connectivity index (χ2n) is 4.33. The summed E-state index contributed by atoms with van der Waals surface area (Å²) in [5.41, 5.74) is 0.793. The highest BCUT2D eigenvalue weighted by Gasteiger charge is 2.14. The fourth-order valence-corrected chi connectivity index (χ4v) is 2.46. The third kappa shape index (κ3) is 2.13. The Morgan fingerprint density at radius 3 is 3.06 bits per heavy atom. The van der Waals surface area contributed by atoms with Gasteiger partial charge in [0.05, 0.1) is 5.02 Å². The summed E-state index contributed by atoms with van der Waals surface area (Å²) < 4.78 is 5.86. The smallest absolute Gasteiger partial charge is 0.196 e. The van der Waals surface area contributed by atoms with Crippen molar-refractivity contribution >= 4 is 28.5 Å². The third-order valence-corrected chi connectivity index (χ3v) is 3.43. The molecule has 1 aromatic heterocycles. The molecule has 1 aromatic carbocycles. The molecular weight excluding hydrogens is 236 g/mol. The van der Waals surface area contributed by atoms with Crippen LogP contribution in [0.5, 0.6) is 0 Å². The molecule has 0 saturated carbocycles. The average Bonchev–Trinajstić information content (AvgIpc) is 2.59. The molecule has 3 rings (SSSR count). The molecule has 0 spiro atoms. The maximum Gasteiger partial charge on any atom is 0.196 e. The zero-order valence-electron chi connectivity index (χ0n) is 9.58. The van der Waals surface area contributed by atoms with E-state index in [-0.39, 0.29) is 0 Å². The highest BCUT2D eigenvalue weighted by atomic mass is 35.5. The van der Waals surface area contributed by atoms with E-state index >= 15 is 0 Å². The molecule has 0 atom stereocenters. The molecule has 1 saturated heterocycles. The van der Waals surface area contributed by atoms with Gasteiger partial charge in [0.15, 0.2) is 11.5 Å². The normalized spacial score (nSPS) is 17.4. The number of halogens is 1. The summed E-state index contributed by atoms with van der Waals surface area (Å²) in [7, 11) is 0. The van der Waals surface area contributed by atoms with Crippen LogP contribution in [0.25, 0.3) is 11.0 Å². The zero-order valence-corrected chi connectivity index (χ0v) is 10.3. The Bertz CT molecular complexity index is 515. The van der Waals surface area contributed by atoms with Crippen LogP contribution in [0.15, 0.2) is 28.7 Å². The number of nitrogens with zero attached hydrogens (tertiary/aromatic N) is 1. The van der Waals surface area contributed by atoms with Crippen LogP contribution >= 0.6 is 11.6 Å². The number of furan rings is 1. The lowest BCUT2D eigenvalue weighted by Crippen LogP contribution is -2.27. The molecule has 17 heavy (non-hydrogen) atoms. The van der Waals surface area contributed by atoms with Gasteiger partial charge in [-0.1, -0.05) is 23.7 Å². The van der Waals surface area contributed by atoms with Gasteiger partial charge in [0.2, 0.25) is 0 Å². The van der Waals surface area contributed by atoms with Gasteiger partial charge in [-0.2, -0.15) is 0 Å². The lowest BCUT2D eigenvalue weighted by Gasteiger charge is -2.18. The zero-order chi connectivity index (χ0) is 11.7. The van der Waals surface area contributed by atoms with Crippen molar-refractivity contribution in [3.05, 3.63) is 29.3 Å². The van der Waals surface area contributed by atoms with Crippen molar-refractivity contribution in [1.82, 2.24) is 5.32 Å². The van der Waals surface area contributed by atoms with Gasteiger partial charge in [0.25, 0.3) is 0 Å². The molecule has 1 fully saturated rings. The molecule has 0 aliphatic carbocycles. The lowest BCUT2D eigenvalue weighted by atomic mass is 10.2. The second kappa shape index (κ2) is 4.59. The lowest BCUT2D eigenvalue weighted by molar-refractivity contribution is 0.584. The first-order valence-electron chi connectivity index (χ1n) is 5.98. The van der Waals surface area contributed by atoms with Gasteiger partial charge >= 0.3 is 0 Å². The maximum atomic E-state index is 6.12. The van der Waals surface area contributed by atoms with E-state index < -0.39 is 0 Å². The van der Waals surface area contributed by atoms with Gasteiger partial charge in [-0.05, 0) is 19.0 Å². The summed E-state index contributed by atoms with van der Waals surface area (Å²) in [5, 5.41) is 5.14. The molecule has 1 aliphatic heterocycles. The summed E-state index contributed by atoms with van der Waals surface area (Å²) in [4.78, 5) is 2.27. The monoisotopic (exact) mass is 250 g/mol. The number of rotatable bonds is 1. The molecule has 0 radical (unpaired) electrons. The number of anilines is 1. The largest absolute Gasteiger partial charge is 0.439 e. The molecule has 0 unspecified atom stereocenters. The van der Waals surface area contributed by atoms with Gasteiger partial charge in [-0.25, -0.2) is 0 Å². The van der Waals surface area contributed by atoms with E-state index in [0.717, 1.165) is 49.5 Å². The standard InChI is InChI=1S/C13H15ClN2O/c14-11-4-1-3-10-9-12(17-13(10)11)16-7-2-5-15-6-8-16/h1,3-4,9,15H,2,5-8H2. The predicted molar refractivity (Wildman–Crippen MR) is 70.9 cm³/mol. The molecular formula is C13H15ClN2O. The van der Waals surface area contributed by atoms with E-state index in [2.05, 4.69) is 16.3 Å². The van der Waals surface area contributed by atoms with E-state index in [1.54, 1.807) is 0 Å². The summed E-state index contributed by atoms with van der Waals surface area (Å²) in [6.07, 6.45) is 1.14. The van der Waals surface area contributed by atoms with Crippen molar-refractivity contribution in [2.24, 2.45) is 0 Å². The Morgan fingerprint density at radius 1 is 1.24 bits per heavy atom. The van der Waals surface area contributed by atoms with Crippen molar-refractivity contribution in [3.63, 3.8) is 0 Å². The van der Waals surface area contributed by atoms with E-state index in [1.165, 1.54) is 0 Å². The van der Waals surface area contributed by atoms with Crippen LogP contribution in [-0.2, 0) is 0 Å². The first kappa shape index (κ1) is 10.9. The number of fused-ring (bicyclic) bond motifs is 1. The van der Waals surface area contributed by atoms with Crippen molar-refractivity contribution < 1.29 is 4.42 Å². The van der Waals surface area contributed by atoms with Crippen LogP contribution in [0.3, 0.4) is 0 Å². The molecule has 0 amide bonds. The van der Waals surface area contributed by atoms with Crippen LogP contribution in [0.4, 0.5) is 5.88 Å². The predicted octanol–water partition coefficient (Wildman–Crippen LogP) is 2.89. The second-order valence-corrected chi connectivity index (χ2v) is 4.74. The molecule has 1 N–H and O–H groups in total. The first-order chi connectivity index (χ1) is 8.34. The first-order valence-corrected chi connectivity index (χ1v) is 6.36. The molecule has 4 heteroatoms. The average molecular weight is 251 g/mol.